The van der Waals surface area contributed by atoms with Gasteiger partial charge < -0.3 is 9.84 Å². The van der Waals surface area contributed by atoms with E-state index in [1.807, 2.05) is 0 Å². The molecule has 0 bridgehead atoms. The number of amides is 1. The first-order chi connectivity index (χ1) is 9.60. The average molecular weight is 296 g/mol. The summed E-state index contributed by atoms with van der Waals surface area (Å²) in [6.45, 7) is 4.35. The molecule has 0 aliphatic carbocycles. The number of anilines is 1. The fourth-order valence-corrected chi connectivity index (χ4v) is 1.47. The molecule has 0 unspecified atom stereocenters. The molecule has 0 spiro atoms. The van der Waals surface area contributed by atoms with Crippen LogP contribution in [0.2, 0.25) is 0 Å². The van der Waals surface area contributed by atoms with E-state index in [0.717, 1.165) is 4.90 Å². The number of benzene rings is 1. The summed E-state index contributed by atoms with van der Waals surface area (Å²) < 4.78 is 5.12. The minimum atomic E-state index is -1.22. The number of carboxylic acid groups (broad SMARTS) is 1. The van der Waals surface area contributed by atoms with Gasteiger partial charge in [-0.25, -0.2) is 4.79 Å². The van der Waals surface area contributed by atoms with Crippen molar-refractivity contribution in [3.05, 3.63) is 34.4 Å². The van der Waals surface area contributed by atoms with Crippen LogP contribution in [0.3, 0.4) is 0 Å². The fourth-order valence-electron chi connectivity index (χ4n) is 1.47. The molecular weight excluding hydrogens is 280 g/mol. The summed E-state index contributed by atoms with van der Waals surface area (Å²) in [5, 5.41) is 19.5. The maximum absolute atomic E-state index is 12.0. The highest BCUT2D eigenvalue weighted by molar-refractivity contribution is 5.93. The molecule has 0 aromatic heterocycles. The molecule has 1 aromatic rings. The number of rotatable bonds is 4. The maximum atomic E-state index is 12.0. The molecule has 8 nitrogen and oxygen atoms in total. The maximum Gasteiger partial charge on any atom is 0.415 e. The Morgan fingerprint density at radius 1 is 1.29 bits per heavy atom. The number of nitro groups is 1. The van der Waals surface area contributed by atoms with E-state index in [4.69, 9.17) is 9.84 Å². The molecule has 8 heteroatoms. The van der Waals surface area contributed by atoms with Crippen LogP contribution < -0.4 is 4.90 Å². The summed E-state index contributed by atoms with van der Waals surface area (Å²) in [5.74, 6) is -1.22. The topological polar surface area (TPSA) is 110 Å². The summed E-state index contributed by atoms with van der Waals surface area (Å²) in [4.78, 5) is 33.8. The predicted molar refractivity (Wildman–Crippen MR) is 74.3 cm³/mol. The van der Waals surface area contributed by atoms with Crippen molar-refractivity contribution in [3.63, 3.8) is 0 Å². The Morgan fingerprint density at radius 2 is 1.81 bits per heavy atom. The summed E-state index contributed by atoms with van der Waals surface area (Å²) in [7, 11) is 0. The van der Waals surface area contributed by atoms with Crippen molar-refractivity contribution in [2.24, 2.45) is 0 Å². The molecule has 0 saturated heterocycles. The van der Waals surface area contributed by atoms with Crippen LogP contribution in [-0.4, -0.2) is 34.2 Å². The Bertz CT molecular complexity index is 547. The van der Waals surface area contributed by atoms with E-state index < -0.39 is 29.1 Å². The molecule has 0 saturated carbocycles. The van der Waals surface area contributed by atoms with Crippen LogP contribution in [-0.2, 0) is 9.53 Å². The number of hydrogen-bond donors (Lipinski definition) is 1. The largest absolute Gasteiger partial charge is 0.480 e. The highest BCUT2D eigenvalue weighted by atomic mass is 16.6. The van der Waals surface area contributed by atoms with Gasteiger partial charge >= 0.3 is 12.1 Å². The Hall–Kier alpha value is -2.64. The Kier molecular flexibility index (Phi) is 4.85. The van der Waals surface area contributed by atoms with Crippen LogP contribution in [0.25, 0.3) is 0 Å². The lowest BCUT2D eigenvalue weighted by atomic mass is 10.2. The van der Waals surface area contributed by atoms with Gasteiger partial charge in [-0.3, -0.25) is 19.8 Å². The van der Waals surface area contributed by atoms with Crippen LogP contribution in [0.1, 0.15) is 20.8 Å². The van der Waals surface area contributed by atoms with E-state index in [-0.39, 0.29) is 11.4 Å². The first-order valence-corrected chi connectivity index (χ1v) is 6.07. The Labute approximate surface area is 121 Å². The van der Waals surface area contributed by atoms with Crippen molar-refractivity contribution in [1.82, 2.24) is 0 Å². The molecular formula is C13H16N2O6. The van der Waals surface area contributed by atoms with Gasteiger partial charge in [0.2, 0.25) is 0 Å². The monoisotopic (exact) mass is 296 g/mol. The number of hydrogen-bond acceptors (Lipinski definition) is 5. The summed E-state index contributed by atoms with van der Waals surface area (Å²) in [6.07, 6.45) is -0.834. The van der Waals surface area contributed by atoms with Gasteiger partial charge in [-0.05, 0) is 32.9 Å². The highest BCUT2D eigenvalue weighted by Crippen LogP contribution is 2.21. The Balaban J connectivity index is 3.04. The van der Waals surface area contributed by atoms with Gasteiger partial charge in [-0.1, -0.05) is 0 Å². The normalized spacial score (nSPS) is 10.8. The van der Waals surface area contributed by atoms with Crippen LogP contribution >= 0.6 is 0 Å². The van der Waals surface area contributed by atoms with Gasteiger partial charge in [0.05, 0.1) is 4.92 Å². The molecule has 114 valence electrons. The SMILES string of the molecule is CC(C)(C)OC(=O)N(CC(=O)O)c1ccc([N+](=O)[O-])cc1. The molecule has 1 N–H and O–H groups in total. The zero-order valence-electron chi connectivity index (χ0n) is 11.9. The lowest BCUT2D eigenvalue weighted by Crippen LogP contribution is -2.40. The summed E-state index contributed by atoms with van der Waals surface area (Å²) >= 11 is 0. The van der Waals surface area contributed by atoms with E-state index in [2.05, 4.69) is 0 Å². The third kappa shape index (κ3) is 5.09. The van der Waals surface area contributed by atoms with Crippen molar-refractivity contribution in [1.29, 1.82) is 0 Å². The second-order valence-corrected chi connectivity index (χ2v) is 5.23. The number of aliphatic carboxylic acids is 1. The van der Waals surface area contributed by atoms with E-state index in [0.29, 0.717) is 0 Å². The fraction of sp³-hybridized carbons (Fsp3) is 0.385. The Morgan fingerprint density at radius 3 is 2.19 bits per heavy atom. The number of carboxylic acids is 1. The second-order valence-electron chi connectivity index (χ2n) is 5.23. The highest BCUT2D eigenvalue weighted by Gasteiger charge is 2.25. The van der Waals surface area contributed by atoms with Gasteiger partial charge in [0.25, 0.3) is 5.69 Å². The van der Waals surface area contributed by atoms with Crippen molar-refractivity contribution < 1.29 is 24.4 Å². The molecule has 1 aromatic carbocycles. The average Bonchev–Trinajstić information content (AvgIpc) is 2.33. The van der Waals surface area contributed by atoms with Crippen molar-refractivity contribution in [2.75, 3.05) is 11.4 Å². The zero-order chi connectivity index (χ0) is 16.2. The van der Waals surface area contributed by atoms with Gasteiger partial charge in [-0.15, -0.1) is 0 Å². The summed E-state index contributed by atoms with van der Waals surface area (Å²) in [5.41, 5.74) is -0.732. The number of nitro benzene ring substituents is 1. The second kappa shape index (κ2) is 6.21. The number of carbonyl (C=O) groups is 2. The van der Waals surface area contributed by atoms with Crippen LogP contribution in [0.4, 0.5) is 16.2 Å². The van der Waals surface area contributed by atoms with Crippen molar-refractivity contribution in [3.8, 4) is 0 Å². The third-order valence-corrected chi connectivity index (χ3v) is 2.28. The molecule has 0 fully saturated rings. The van der Waals surface area contributed by atoms with E-state index in [1.165, 1.54) is 24.3 Å². The first-order valence-electron chi connectivity index (χ1n) is 6.07. The number of nitrogens with zero attached hydrogens (tertiary/aromatic N) is 2. The van der Waals surface area contributed by atoms with Crippen LogP contribution in [0.5, 0.6) is 0 Å². The quantitative estimate of drug-likeness (QED) is 0.674. The van der Waals surface area contributed by atoms with Crippen LogP contribution in [0.15, 0.2) is 24.3 Å². The van der Waals surface area contributed by atoms with Crippen LogP contribution in [0, 0.1) is 10.1 Å². The van der Waals surface area contributed by atoms with E-state index >= 15 is 0 Å². The molecule has 1 rings (SSSR count). The summed E-state index contributed by atoms with van der Waals surface area (Å²) in [6, 6.07) is 4.97. The van der Waals surface area contributed by atoms with E-state index in [1.54, 1.807) is 20.8 Å². The molecule has 0 aliphatic rings. The standard InChI is InChI=1S/C13H16N2O6/c1-13(2,3)21-12(18)14(8-11(16)17)9-4-6-10(7-5-9)15(19)20/h4-7H,8H2,1-3H3,(H,16,17). The zero-order valence-corrected chi connectivity index (χ0v) is 11.9. The number of ether oxygens (including phenoxy) is 1. The first kappa shape index (κ1) is 16.4. The van der Waals surface area contributed by atoms with Gasteiger partial charge in [0, 0.05) is 17.8 Å². The molecule has 1 amide bonds. The van der Waals surface area contributed by atoms with Crippen molar-refractivity contribution in [2.45, 2.75) is 26.4 Å². The third-order valence-electron chi connectivity index (χ3n) is 2.28. The number of carbonyl (C=O) groups excluding carboxylic acids is 1. The molecule has 0 radical (unpaired) electrons. The smallest absolute Gasteiger partial charge is 0.415 e. The van der Waals surface area contributed by atoms with Gasteiger partial charge in [0.15, 0.2) is 0 Å². The predicted octanol–water partition coefficient (Wildman–Crippen LogP) is 2.42. The molecule has 0 aliphatic heterocycles. The van der Waals surface area contributed by atoms with Gasteiger partial charge in [-0.2, -0.15) is 0 Å². The minimum absolute atomic E-state index is 0.154. The minimum Gasteiger partial charge on any atom is -0.480 e. The van der Waals surface area contributed by atoms with Gasteiger partial charge in [0.1, 0.15) is 12.1 Å². The lowest BCUT2D eigenvalue weighted by molar-refractivity contribution is -0.384. The molecule has 0 atom stereocenters. The van der Waals surface area contributed by atoms with E-state index in [9.17, 15) is 19.7 Å². The molecule has 21 heavy (non-hydrogen) atoms. The number of non-ortho nitro benzene ring substituents is 1. The lowest BCUT2D eigenvalue weighted by Gasteiger charge is -2.26. The van der Waals surface area contributed by atoms with Crippen molar-refractivity contribution >= 4 is 23.4 Å². The molecule has 0 heterocycles.